The Morgan fingerprint density at radius 3 is 2.86 bits per heavy atom. The maximum absolute atomic E-state index is 12.0. The summed E-state index contributed by atoms with van der Waals surface area (Å²) in [6.07, 6.45) is 5.08. The molecule has 0 aliphatic heterocycles. The molecule has 3 aromatic rings. The number of nitrogens with zero attached hydrogens (tertiary/aromatic N) is 4. The van der Waals surface area contributed by atoms with Gasteiger partial charge in [0.25, 0.3) is 5.91 Å². The van der Waals surface area contributed by atoms with E-state index in [1.165, 1.54) is 0 Å². The molecule has 0 atom stereocenters. The largest absolute Gasteiger partial charge is 0.338 e. The smallest absolute Gasteiger partial charge is 0.278 e. The first-order valence-corrected chi connectivity index (χ1v) is 6.48. The molecule has 0 unspecified atom stereocenters. The number of nitrogens with one attached hydrogen (secondary N) is 1. The van der Waals surface area contributed by atoms with Crippen LogP contribution >= 0.6 is 0 Å². The van der Waals surface area contributed by atoms with Crippen molar-refractivity contribution in [3.05, 3.63) is 48.5 Å². The molecule has 3 aromatic heterocycles. The molecule has 1 amide bonds. The summed E-state index contributed by atoms with van der Waals surface area (Å²) in [4.78, 5) is 15.9. The van der Waals surface area contributed by atoms with Crippen LogP contribution in [0.1, 0.15) is 17.4 Å². The Morgan fingerprint density at radius 2 is 2.14 bits per heavy atom. The zero-order chi connectivity index (χ0) is 14.7. The van der Waals surface area contributed by atoms with E-state index < -0.39 is 0 Å². The lowest BCUT2D eigenvalue weighted by atomic mass is 10.2. The minimum Gasteiger partial charge on any atom is -0.338 e. The Balaban J connectivity index is 1.74. The molecule has 0 aliphatic rings. The van der Waals surface area contributed by atoms with Gasteiger partial charge >= 0.3 is 0 Å². The van der Waals surface area contributed by atoms with Crippen LogP contribution in [0.15, 0.2) is 47.4 Å². The Hall–Kier alpha value is -2.96. The number of hydrogen-bond acceptors (Lipinski definition) is 5. The second-order valence-corrected chi connectivity index (χ2v) is 4.32. The van der Waals surface area contributed by atoms with Gasteiger partial charge in [-0.15, -0.1) is 0 Å². The van der Waals surface area contributed by atoms with Crippen LogP contribution in [-0.2, 0) is 6.54 Å². The Morgan fingerprint density at radius 1 is 1.33 bits per heavy atom. The molecule has 0 bridgehead atoms. The van der Waals surface area contributed by atoms with E-state index in [4.69, 9.17) is 4.52 Å². The van der Waals surface area contributed by atoms with Crippen LogP contribution in [0.3, 0.4) is 0 Å². The summed E-state index contributed by atoms with van der Waals surface area (Å²) < 4.78 is 6.79. The number of carbonyl (C=O) groups excluding carboxylic acids is 1. The van der Waals surface area contributed by atoms with Gasteiger partial charge in [-0.25, -0.2) is 0 Å². The lowest BCUT2D eigenvalue weighted by molar-refractivity contribution is 0.101. The van der Waals surface area contributed by atoms with E-state index in [1.807, 2.05) is 19.1 Å². The lowest BCUT2D eigenvalue weighted by Crippen LogP contribution is -2.12. The van der Waals surface area contributed by atoms with Crippen LogP contribution in [0.2, 0.25) is 0 Å². The zero-order valence-corrected chi connectivity index (χ0v) is 11.4. The van der Waals surface area contributed by atoms with Crippen LogP contribution in [0.4, 0.5) is 5.88 Å². The summed E-state index contributed by atoms with van der Waals surface area (Å²) >= 11 is 0. The molecule has 1 N–H and O–H groups in total. The standard InChI is InChI=1S/C14H13N5O2/c1-2-19-8-5-11(17-19)14(20)16-13-9-12(18-21-13)10-3-6-15-7-4-10/h3-9H,2H2,1H3,(H,16,20). The van der Waals surface area contributed by atoms with E-state index in [0.29, 0.717) is 17.9 Å². The summed E-state index contributed by atoms with van der Waals surface area (Å²) in [5.41, 5.74) is 1.83. The van der Waals surface area contributed by atoms with Gasteiger partial charge in [0.2, 0.25) is 5.88 Å². The van der Waals surface area contributed by atoms with Crippen molar-refractivity contribution in [2.24, 2.45) is 0 Å². The van der Waals surface area contributed by atoms with Gasteiger partial charge < -0.3 is 4.52 Å². The van der Waals surface area contributed by atoms with Crippen LogP contribution in [0.25, 0.3) is 11.3 Å². The molecule has 0 saturated heterocycles. The monoisotopic (exact) mass is 283 g/mol. The van der Waals surface area contributed by atoms with Gasteiger partial charge in [-0.05, 0) is 25.1 Å². The molecule has 3 rings (SSSR count). The number of aryl methyl sites for hydroxylation is 1. The fourth-order valence-corrected chi connectivity index (χ4v) is 1.83. The van der Waals surface area contributed by atoms with E-state index in [-0.39, 0.29) is 11.8 Å². The van der Waals surface area contributed by atoms with Crippen molar-refractivity contribution in [3.8, 4) is 11.3 Å². The maximum atomic E-state index is 12.0. The van der Waals surface area contributed by atoms with Gasteiger partial charge in [0.15, 0.2) is 5.69 Å². The summed E-state index contributed by atoms with van der Waals surface area (Å²) in [5, 5.41) is 10.7. The van der Waals surface area contributed by atoms with E-state index in [9.17, 15) is 4.79 Å². The number of anilines is 1. The van der Waals surface area contributed by atoms with Gasteiger partial charge in [-0.1, -0.05) is 5.16 Å². The molecule has 0 aromatic carbocycles. The number of hydrogen-bond donors (Lipinski definition) is 1. The van der Waals surface area contributed by atoms with E-state index >= 15 is 0 Å². The summed E-state index contributed by atoms with van der Waals surface area (Å²) in [6.45, 7) is 2.66. The molecule has 3 heterocycles. The van der Waals surface area contributed by atoms with Gasteiger partial charge in [-0.2, -0.15) is 5.10 Å². The highest BCUT2D eigenvalue weighted by Crippen LogP contribution is 2.21. The molecule has 106 valence electrons. The molecular formula is C14H13N5O2. The van der Waals surface area contributed by atoms with Crippen molar-refractivity contribution >= 4 is 11.8 Å². The molecule has 21 heavy (non-hydrogen) atoms. The highest BCUT2D eigenvalue weighted by molar-refractivity contribution is 6.02. The van der Waals surface area contributed by atoms with Crippen molar-refractivity contribution in [1.29, 1.82) is 0 Å². The van der Waals surface area contributed by atoms with Gasteiger partial charge in [0.05, 0.1) is 0 Å². The number of amides is 1. The summed E-state index contributed by atoms with van der Waals surface area (Å²) in [7, 11) is 0. The topological polar surface area (TPSA) is 85.8 Å². The van der Waals surface area contributed by atoms with E-state index in [0.717, 1.165) is 5.56 Å². The normalized spacial score (nSPS) is 10.5. The summed E-state index contributed by atoms with van der Waals surface area (Å²) in [5.74, 6) is -0.0579. The molecule has 0 radical (unpaired) electrons. The molecule has 0 fully saturated rings. The fraction of sp³-hybridized carbons (Fsp3) is 0.143. The van der Waals surface area contributed by atoms with Crippen molar-refractivity contribution in [1.82, 2.24) is 19.9 Å². The maximum Gasteiger partial charge on any atom is 0.278 e. The van der Waals surface area contributed by atoms with Gasteiger partial charge in [-0.3, -0.25) is 19.8 Å². The van der Waals surface area contributed by atoms with Crippen LogP contribution in [0.5, 0.6) is 0 Å². The Bertz CT molecular complexity index is 748. The molecule has 0 aliphatic carbocycles. The third-order valence-electron chi connectivity index (χ3n) is 2.92. The molecular weight excluding hydrogens is 270 g/mol. The van der Waals surface area contributed by atoms with Gasteiger partial charge in [0.1, 0.15) is 5.69 Å². The van der Waals surface area contributed by atoms with Gasteiger partial charge in [0, 0.05) is 36.8 Å². The second-order valence-electron chi connectivity index (χ2n) is 4.32. The van der Waals surface area contributed by atoms with E-state index in [1.54, 1.807) is 35.4 Å². The van der Waals surface area contributed by atoms with Crippen LogP contribution in [-0.4, -0.2) is 25.8 Å². The van der Waals surface area contributed by atoms with Crippen molar-refractivity contribution in [3.63, 3.8) is 0 Å². The molecule has 0 spiro atoms. The highest BCUT2D eigenvalue weighted by atomic mass is 16.5. The fourth-order valence-electron chi connectivity index (χ4n) is 1.83. The second kappa shape index (κ2) is 5.58. The van der Waals surface area contributed by atoms with Crippen molar-refractivity contribution < 1.29 is 9.32 Å². The highest BCUT2D eigenvalue weighted by Gasteiger charge is 2.13. The molecule has 7 nitrogen and oxygen atoms in total. The quantitative estimate of drug-likeness (QED) is 0.793. The first-order valence-electron chi connectivity index (χ1n) is 6.48. The first kappa shape index (κ1) is 13.0. The van der Waals surface area contributed by atoms with Crippen LogP contribution in [0, 0.1) is 0 Å². The van der Waals surface area contributed by atoms with Crippen molar-refractivity contribution in [2.75, 3.05) is 5.32 Å². The van der Waals surface area contributed by atoms with E-state index in [2.05, 4.69) is 20.6 Å². The average molecular weight is 283 g/mol. The lowest BCUT2D eigenvalue weighted by Gasteiger charge is -1.97. The third kappa shape index (κ3) is 2.81. The zero-order valence-electron chi connectivity index (χ0n) is 11.4. The van der Waals surface area contributed by atoms with Crippen LogP contribution < -0.4 is 5.32 Å². The Kier molecular flexibility index (Phi) is 3.46. The van der Waals surface area contributed by atoms with Crippen molar-refractivity contribution in [2.45, 2.75) is 13.5 Å². The predicted octanol–water partition coefficient (Wildman–Crippen LogP) is 2.21. The summed E-state index contributed by atoms with van der Waals surface area (Å²) in [6, 6.07) is 6.93. The average Bonchev–Trinajstić information content (AvgIpc) is 3.17. The number of carbonyl (C=O) groups is 1. The number of rotatable bonds is 4. The third-order valence-corrected chi connectivity index (χ3v) is 2.92. The first-order chi connectivity index (χ1) is 10.3. The number of pyridine rings is 1. The molecule has 7 heteroatoms. The number of aromatic nitrogens is 4. The SMILES string of the molecule is CCn1ccc(C(=O)Nc2cc(-c3ccncc3)no2)n1. The minimum absolute atomic E-state index is 0.276. The Labute approximate surface area is 120 Å². The minimum atomic E-state index is -0.334. The molecule has 0 saturated carbocycles. The predicted molar refractivity (Wildman–Crippen MR) is 75.6 cm³/mol.